The number of rotatable bonds is 6. The van der Waals surface area contributed by atoms with Crippen molar-refractivity contribution < 1.29 is 14.3 Å². The standard InChI is InChI=1S/C14H21NO3/c1-10-8-11(2)13(15)9-12(10)14(16)18-7-5-4-6-17-3/h8-9H,4-7,15H2,1-3H3. The highest BCUT2D eigenvalue weighted by Gasteiger charge is 2.12. The highest BCUT2D eigenvalue weighted by Crippen LogP contribution is 2.18. The van der Waals surface area contributed by atoms with Crippen LogP contribution in [0.1, 0.15) is 34.3 Å². The van der Waals surface area contributed by atoms with Crippen LogP contribution in [-0.4, -0.2) is 26.3 Å². The van der Waals surface area contributed by atoms with Crippen LogP contribution in [0.25, 0.3) is 0 Å². The summed E-state index contributed by atoms with van der Waals surface area (Å²) in [6, 6.07) is 3.58. The summed E-state index contributed by atoms with van der Waals surface area (Å²) >= 11 is 0. The third kappa shape index (κ3) is 4.04. The molecule has 0 saturated carbocycles. The van der Waals surface area contributed by atoms with Gasteiger partial charge >= 0.3 is 5.97 Å². The number of anilines is 1. The third-order valence-corrected chi connectivity index (χ3v) is 2.81. The lowest BCUT2D eigenvalue weighted by Gasteiger charge is -2.09. The van der Waals surface area contributed by atoms with E-state index in [9.17, 15) is 4.79 Å². The van der Waals surface area contributed by atoms with Gasteiger partial charge in [-0.3, -0.25) is 0 Å². The molecular formula is C14H21NO3. The van der Waals surface area contributed by atoms with Crippen LogP contribution in [-0.2, 0) is 9.47 Å². The van der Waals surface area contributed by atoms with Crippen molar-refractivity contribution in [3.63, 3.8) is 0 Å². The predicted molar refractivity (Wildman–Crippen MR) is 71.7 cm³/mol. The van der Waals surface area contributed by atoms with Crippen molar-refractivity contribution >= 4 is 11.7 Å². The monoisotopic (exact) mass is 251 g/mol. The molecule has 0 heterocycles. The molecule has 18 heavy (non-hydrogen) atoms. The zero-order chi connectivity index (χ0) is 13.5. The Kier molecular flexibility index (Phi) is 5.65. The highest BCUT2D eigenvalue weighted by molar-refractivity contribution is 5.92. The lowest BCUT2D eigenvalue weighted by Crippen LogP contribution is -2.10. The summed E-state index contributed by atoms with van der Waals surface area (Å²) in [5.74, 6) is -0.309. The summed E-state index contributed by atoms with van der Waals surface area (Å²) in [6.45, 7) is 4.90. The highest BCUT2D eigenvalue weighted by atomic mass is 16.5. The molecule has 2 N–H and O–H groups in total. The number of aryl methyl sites for hydroxylation is 2. The van der Waals surface area contributed by atoms with E-state index < -0.39 is 0 Å². The smallest absolute Gasteiger partial charge is 0.338 e. The van der Waals surface area contributed by atoms with Crippen LogP contribution in [0.2, 0.25) is 0 Å². The third-order valence-electron chi connectivity index (χ3n) is 2.81. The van der Waals surface area contributed by atoms with Crippen LogP contribution in [0.4, 0.5) is 5.69 Å². The van der Waals surface area contributed by atoms with Gasteiger partial charge in [-0.1, -0.05) is 6.07 Å². The molecule has 0 aliphatic rings. The Hall–Kier alpha value is -1.55. The first-order valence-electron chi connectivity index (χ1n) is 6.09. The van der Waals surface area contributed by atoms with Crippen LogP contribution >= 0.6 is 0 Å². The fraction of sp³-hybridized carbons (Fsp3) is 0.500. The number of ether oxygens (including phenoxy) is 2. The number of methoxy groups -OCH3 is 1. The minimum Gasteiger partial charge on any atom is -0.462 e. The lowest BCUT2D eigenvalue weighted by molar-refractivity contribution is 0.0488. The molecule has 1 rings (SSSR count). The maximum Gasteiger partial charge on any atom is 0.338 e. The summed E-state index contributed by atoms with van der Waals surface area (Å²) in [4.78, 5) is 11.9. The number of carbonyl (C=O) groups excluding carboxylic acids is 1. The van der Waals surface area contributed by atoms with Gasteiger partial charge in [0.25, 0.3) is 0 Å². The summed E-state index contributed by atoms with van der Waals surface area (Å²) in [6.07, 6.45) is 1.69. The van der Waals surface area contributed by atoms with Crippen LogP contribution < -0.4 is 5.73 Å². The average molecular weight is 251 g/mol. The second-order valence-electron chi connectivity index (χ2n) is 4.36. The van der Waals surface area contributed by atoms with E-state index >= 15 is 0 Å². The van der Waals surface area contributed by atoms with Gasteiger partial charge in [-0.25, -0.2) is 4.79 Å². The molecule has 0 saturated heterocycles. The maximum atomic E-state index is 11.9. The molecular weight excluding hydrogens is 230 g/mol. The number of unbranched alkanes of at least 4 members (excludes halogenated alkanes) is 1. The van der Waals surface area contributed by atoms with Gasteiger partial charge in [0, 0.05) is 19.4 Å². The molecule has 0 aromatic heterocycles. The predicted octanol–water partition coefficient (Wildman–Crippen LogP) is 2.47. The van der Waals surface area contributed by atoms with Gasteiger partial charge in [0.15, 0.2) is 0 Å². The zero-order valence-electron chi connectivity index (χ0n) is 11.3. The van der Waals surface area contributed by atoms with Crippen LogP contribution in [0.3, 0.4) is 0 Å². The van der Waals surface area contributed by atoms with Crippen molar-refractivity contribution in [2.24, 2.45) is 0 Å². The molecule has 0 aliphatic heterocycles. The van der Waals surface area contributed by atoms with Crippen LogP contribution in [0.15, 0.2) is 12.1 Å². The number of nitrogen functional groups attached to an aromatic ring is 1. The van der Waals surface area contributed by atoms with Gasteiger partial charge in [0.2, 0.25) is 0 Å². The topological polar surface area (TPSA) is 61.5 Å². The Labute approximate surface area is 108 Å². The SMILES string of the molecule is COCCCCOC(=O)c1cc(N)c(C)cc1C. The molecule has 0 amide bonds. The normalized spacial score (nSPS) is 10.4. The number of hydrogen-bond donors (Lipinski definition) is 1. The van der Waals surface area contributed by atoms with Gasteiger partial charge in [0.1, 0.15) is 0 Å². The van der Waals surface area contributed by atoms with Crippen LogP contribution in [0, 0.1) is 13.8 Å². The number of nitrogens with two attached hydrogens (primary N) is 1. The largest absolute Gasteiger partial charge is 0.462 e. The number of carbonyl (C=O) groups is 1. The van der Waals surface area contributed by atoms with Crippen molar-refractivity contribution in [2.75, 3.05) is 26.1 Å². The van der Waals surface area contributed by atoms with Crippen molar-refractivity contribution in [3.05, 3.63) is 28.8 Å². The average Bonchev–Trinajstić information content (AvgIpc) is 2.33. The summed E-state index contributed by atoms with van der Waals surface area (Å²) in [5, 5.41) is 0. The van der Waals surface area contributed by atoms with Gasteiger partial charge < -0.3 is 15.2 Å². The van der Waals surface area contributed by atoms with Gasteiger partial charge in [-0.2, -0.15) is 0 Å². The molecule has 0 bridgehead atoms. The van der Waals surface area contributed by atoms with Gasteiger partial charge in [-0.15, -0.1) is 0 Å². The van der Waals surface area contributed by atoms with E-state index in [0.717, 1.165) is 24.0 Å². The molecule has 4 nitrogen and oxygen atoms in total. The molecule has 0 radical (unpaired) electrons. The van der Waals surface area contributed by atoms with Gasteiger partial charge in [0.05, 0.1) is 12.2 Å². The number of benzene rings is 1. The Morgan fingerprint density at radius 2 is 1.83 bits per heavy atom. The quantitative estimate of drug-likeness (QED) is 0.479. The molecule has 0 spiro atoms. The van der Waals surface area contributed by atoms with E-state index in [1.807, 2.05) is 19.9 Å². The first-order valence-corrected chi connectivity index (χ1v) is 6.09. The van der Waals surface area contributed by atoms with E-state index in [4.69, 9.17) is 15.2 Å². The fourth-order valence-electron chi connectivity index (χ4n) is 1.68. The number of hydrogen-bond acceptors (Lipinski definition) is 4. The molecule has 0 unspecified atom stereocenters. The van der Waals surface area contributed by atoms with Crippen molar-refractivity contribution in [3.8, 4) is 0 Å². The van der Waals surface area contributed by atoms with E-state index in [0.29, 0.717) is 24.5 Å². The maximum absolute atomic E-state index is 11.9. The molecule has 4 heteroatoms. The molecule has 0 fully saturated rings. The molecule has 0 aliphatic carbocycles. The van der Waals surface area contributed by atoms with Gasteiger partial charge in [-0.05, 0) is 43.9 Å². The lowest BCUT2D eigenvalue weighted by atomic mass is 10.0. The molecule has 0 atom stereocenters. The Balaban J connectivity index is 2.54. The van der Waals surface area contributed by atoms with E-state index in [2.05, 4.69) is 0 Å². The molecule has 100 valence electrons. The van der Waals surface area contributed by atoms with E-state index in [-0.39, 0.29) is 5.97 Å². The summed E-state index contributed by atoms with van der Waals surface area (Å²) in [7, 11) is 1.66. The second-order valence-corrected chi connectivity index (χ2v) is 4.36. The minimum absolute atomic E-state index is 0.309. The van der Waals surface area contributed by atoms with E-state index in [1.54, 1.807) is 13.2 Å². The van der Waals surface area contributed by atoms with Crippen molar-refractivity contribution in [2.45, 2.75) is 26.7 Å². The molecule has 1 aromatic carbocycles. The van der Waals surface area contributed by atoms with Crippen LogP contribution in [0.5, 0.6) is 0 Å². The Bertz CT molecular complexity index is 416. The Morgan fingerprint density at radius 1 is 1.17 bits per heavy atom. The summed E-state index contributed by atoms with van der Waals surface area (Å²) < 4.78 is 10.1. The second kappa shape index (κ2) is 7.01. The first kappa shape index (κ1) is 14.5. The molecule has 1 aromatic rings. The fourth-order valence-corrected chi connectivity index (χ4v) is 1.68. The first-order chi connectivity index (χ1) is 8.56. The van der Waals surface area contributed by atoms with E-state index in [1.165, 1.54) is 0 Å². The summed E-state index contributed by atoms with van der Waals surface area (Å²) in [5.41, 5.74) is 8.83. The van der Waals surface area contributed by atoms with Crippen molar-refractivity contribution in [1.82, 2.24) is 0 Å². The number of esters is 1. The van der Waals surface area contributed by atoms with Crippen molar-refractivity contribution in [1.29, 1.82) is 0 Å². The minimum atomic E-state index is -0.309. The zero-order valence-corrected chi connectivity index (χ0v) is 11.3. The Morgan fingerprint density at radius 3 is 2.50 bits per heavy atom.